The molecule has 0 bridgehead atoms. The van der Waals surface area contributed by atoms with Crippen molar-refractivity contribution in [3.63, 3.8) is 0 Å². The van der Waals surface area contributed by atoms with Crippen LogP contribution in [0.15, 0.2) is 0 Å². The largest absolute Gasteiger partial charge is 0.487 e. The summed E-state index contributed by atoms with van der Waals surface area (Å²) in [4.78, 5) is 0. The van der Waals surface area contributed by atoms with Crippen LogP contribution in [0.3, 0.4) is 0 Å². The van der Waals surface area contributed by atoms with Crippen LogP contribution in [-0.2, 0) is 6.42 Å². The molecule has 0 amide bonds. The number of anilines is 1. The van der Waals surface area contributed by atoms with Crippen molar-refractivity contribution in [3.05, 3.63) is 22.3 Å². The summed E-state index contributed by atoms with van der Waals surface area (Å²) in [6, 6.07) is 0. The van der Waals surface area contributed by atoms with E-state index in [9.17, 15) is 0 Å². The average Bonchev–Trinajstić information content (AvgIpc) is 2.26. The lowest BCUT2D eigenvalue weighted by molar-refractivity contribution is 0.0834. The Balaban J connectivity index is 2.64. The van der Waals surface area contributed by atoms with Crippen molar-refractivity contribution in [2.45, 2.75) is 53.1 Å². The van der Waals surface area contributed by atoms with E-state index in [-0.39, 0.29) is 5.60 Å². The van der Waals surface area contributed by atoms with Crippen molar-refractivity contribution in [1.82, 2.24) is 0 Å². The molecule has 0 unspecified atom stereocenters. The number of rotatable bonds is 1. The van der Waals surface area contributed by atoms with Gasteiger partial charge in [-0.1, -0.05) is 0 Å². The number of hydrogen-bond acceptors (Lipinski definition) is 2. The summed E-state index contributed by atoms with van der Waals surface area (Å²) < 4.78 is 6.18. The SMILES string of the molecule is CNc1c(C)c(C)c2c(c1C)CCC(C)(C)O2. The molecule has 94 valence electrons. The molecule has 2 rings (SSSR count). The summed E-state index contributed by atoms with van der Waals surface area (Å²) in [6.45, 7) is 10.9. The van der Waals surface area contributed by atoms with Gasteiger partial charge in [-0.3, -0.25) is 0 Å². The Morgan fingerprint density at radius 3 is 2.29 bits per heavy atom. The van der Waals surface area contributed by atoms with Gasteiger partial charge in [-0.2, -0.15) is 0 Å². The third kappa shape index (κ3) is 1.90. The van der Waals surface area contributed by atoms with Gasteiger partial charge >= 0.3 is 0 Å². The second-order valence-corrected chi connectivity index (χ2v) is 5.67. The number of fused-ring (bicyclic) bond motifs is 1. The van der Waals surface area contributed by atoms with Gasteiger partial charge in [-0.25, -0.2) is 0 Å². The molecule has 0 aromatic heterocycles. The van der Waals surface area contributed by atoms with Crippen molar-refractivity contribution in [2.75, 3.05) is 12.4 Å². The van der Waals surface area contributed by atoms with Crippen LogP contribution >= 0.6 is 0 Å². The molecule has 1 aromatic carbocycles. The molecule has 1 aliphatic rings. The molecule has 2 heteroatoms. The van der Waals surface area contributed by atoms with Crippen molar-refractivity contribution in [3.8, 4) is 5.75 Å². The molecule has 0 saturated carbocycles. The molecular weight excluding hydrogens is 210 g/mol. The first kappa shape index (κ1) is 12.3. The molecule has 0 fully saturated rings. The van der Waals surface area contributed by atoms with Gasteiger partial charge in [0.25, 0.3) is 0 Å². The zero-order chi connectivity index (χ0) is 12.8. The second kappa shape index (κ2) is 3.94. The highest BCUT2D eigenvalue weighted by atomic mass is 16.5. The van der Waals surface area contributed by atoms with Gasteiger partial charge in [-0.05, 0) is 69.7 Å². The molecule has 0 radical (unpaired) electrons. The van der Waals surface area contributed by atoms with Crippen LogP contribution in [0.25, 0.3) is 0 Å². The van der Waals surface area contributed by atoms with E-state index in [2.05, 4.69) is 39.9 Å². The van der Waals surface area contributed by atoms with Crippen LogP contribution in [0.1, 0.15) is 42.5 Å². The summed E-state index contributed by atoms with van der Waals surface area (Å²) in [5.41, 5.74) is 6.56. The summed E-state index contributed by atoms with van der Waals surface area (Å²) in [5.74, 6) is 1.12. The molecule has 1 heterocycles. The zero-order valence-electron chi connectivity index (χ0n) is 11.8. The van der Waals surface area contributed by atoms with E-state index in [1.807, 2.05) is 7.05 Å². The smallest absolute Gasteiger partial charge is 0.126 e. The lowest BCUT2D eigenvalue weighted by atomic mass is 9.87. The molecule has 0 aliphatic carbocycles. The maximum atomic E-state index is 6.18. The monoisotopic (exact) mass is 233 g/mol. The van der Waals surface area contributed by atoms with Crippen molar-refractivity contribution in [2.24, 2.45) is 0 Å². The Kier molecular flexibility index (Phi) is 2.84. The maximum Gasteiger partial charge on any atom is 0.126 e. The summed E-state index contributed by atoms with van der Waals surface area (Å²) in [7, 11) is 1.99. The van der Waals surface area contributed by atoms with E-state index in [1.54, 1.807) is 0 Å². The van der Waals surface area contributed by atoms with Crippen LogP contribution in [0, 0.1) is 20.8 Å². The van der Waals surface area contributed by atoms with Crippen LogP contribution in [0.4, 0.5) is 5.69 Å². The summed E-state index contributed by atoms with van der Waals surface area (Å²) in [5, 5.41) is 3.32. The Bertz CT molecular complexity index is 461. The summed E-state index contributed by atoms with van der Waals surface area (Å²) >= 11 is 0. The average molecular weight is 233 g/mol. The highest BCUT2D eigenvalue weighted by Gasteiger charge is 2.30. The predicted molar refractivity (Wildman–Crippen MR) is 73.2 cm³/mol. The Labute approximate surface area is 104 Å². The van der Waals surface area contributed by atoms with Crippen molar-refractivity contribution < 1.29 is 4.74 Å². The highest BCUT2D eigenvalue weighted by molar-refractivity contribution is 5.67. The number of hydrogen-bond donors (Lipinski definition) is 1. The van der Waals surface area contributed by atoms with E-state index >= 15 is 0 Å². The number of ether oxygens (including phenoxy) is 1. The molecule has 2 nitrogen and oxygen atoms in total. The fraction of sp³-hybridized carbons (Fsp3) is 0.600. The van der Waals surface area contributed by atoms with Gasteiger partial charge in [0.2, 0.25) is 0 Å². The van der Waals surface area contributed by atoms with Crippen LogP contribution in [0.5, 0.6) is 5.75 Å². The van der Waals surface area contributed by atoms with Gasteiger partial charge in [0.05, 0.1) is 0 Å². The van der Waals surface area contributed by atoms with Crippen LogP contribution in [0.2, 0.25) is 0 Å². The van der Waals surface area contributed by atoms with Gasteiger partial charge < -0.3 is 10.1 Å². The van der Waals surface area contributed by atoms with E-state index in [1.165, 1.54) is 27.9 Å². The first-order chi connectivity index (χ1) is 7.87. The topological polar surface area (TPSA) is 21.3 Å². The summed E-state index contributed by atoms with van der Waals surface area (Å²) in [6.07, 6.45) is 2.20. The molecule has 17 heavy (non-hydrogen) atoms. The molecule has 0 saturated heterocycles. The fourth-order valence-electron chi connectivity index (χ4n) is 2.75. The zero-order valence-corrected chi connectivity index (χ0v) is 11.8. The Morgan fingerprint density at radius 1 is 1.06 bits per heavy atom. The van der Waals surface area contributed by atoms with E-state index < -0.39 is 0 Å². The minimum Gasteiger partial charge on any atom is -0.487 e. The second-order valence-electron chi connectivity index (χ2n) is 5.67. The third-order valence-corrected chi connectivity index (χ3v) is 3.99. The lowest BCUT2D eigenvalue weighted by Gasteiger charge is -2.35. The van der Waals surface area contributed by atoms with Crippen molar-refractivity contribution in [1.29, 1.82) is 0 Å². The van der Waals surface area contributed by atoms with Crippen LogP contribution in [-0.4, -0.2) is 12.6 Å². The molecule has 0 atom stereocenters. The van der Waals surface area contributed by atoms with Gasteiger partial charge in [0, 0.05) is 12.7 Å². The minimum absolute atomic E-state index is 0.0300. The predicted octanol–water partition coefficient (Wildman–Crippen LogP) is 3.76. The van der Waals surface area contributed by atoms with Gasteiger partial charge in [-0.15, -0.1) is 0 Å². The maximum absolute atomic E-state index is 6.18. The highest BCUT2D eigenvalue weighted by Crippen LogP contribution is 2.42. The van der Waals surface area contributed by atoms with Crippen LogP contribution < -0.4 is 10.1 Å². The van der Waals surface area contributed by atoms with Gasteiger partial charge in [0.15, 0.2) is 0 Å². The number of nitrogens with one attached hydrogen (secondary N) is 1. The quantitative estimate of drug-likeness (QED) is 0.797. The normalized spacial score (nSPS) is 17.3. The lowest BCUT2D eigenvalue weighted by Crippen LogP contribution is -2.33. The first-order valence-corrected chi connectivity index (χ1v) is 6.37. The standard InChI is InChI=1S/C15H23NO/c1-9-10(2)14-12(11(3)13(9)16-6)7-8-15(4,5)17-14/h16H,7-8H2,1-6H3. The van der Waals surface area contributed by atoms with Gasteiger partial charge in [0.1, 0.15) is 11.4 Å². The Morgan fingerprint density at radius 2 is 1.71 bits per heavy atom. The van der Waals surface area contributed by atoms with Crippen molar-refractivity contribution >= 4 is 5.69 Å². The molecule has 1 aliphatic heterocycles. The van der Waals surface area contributed by atoms with E-state index in [4.69, 9.17) is 4.74 Å². The molecule has 1 N–H and O–H groups in total. The fourth-order valence-corrected chi connectivity index (χ4v) is 2.75. The number of benzene rings is 1. The Hall–Kier alpha value is -1.18. The molecule has 0 spiro atoms. The van der Waals surface area contributed by atoms with E-state index in [0.29, 0.717) is 0 Å². The molecular formula is C15H23NO. The minimum atomic E-state index is -0.0300. The third-order valence-electron chi connectivity index (χ3n) is 3.99. The molecule has 1 aromatic rings. The van der Waals surface area contributed by atoms with E-state index in [0.717, 1.165) is 18.6 Å². The first-order valence-electron chi connectivity index (χ1n) is 6.37.